The van der Waals surface area contributed by atoms with Crippen molar-refractivity contribution < 1.29 is 32.4 Å². The third kappa shape index (κ3) is 6.14. The minimum absolute atomic E-state index is 0.106. The van der Waals surface area contributed by atoms with Crippen LogP contribution in [0.1, 0.15) is 29.5 Å². The summed E-state index contributed by atoms with van der Waals surface area (Å²) in [5.41, 5.74) is 3.31. The molecular formula is C23H21F3N4O4S. The predicted molar refractivity (Wildman–Crippen MR) is 123 cm³/mol. The number of carbonyl (C=O) groups excluding carboxylic acids is 3. The van der Waals surface area contributed by atoms with Crippen LogP contribution in [0.2, 0.25) is 0 Å². The Bertz CT molecular complexity index is 1170. The van der Waals surface area contributed by atoms with E-state index in [1.165, 1.54) is 23.4 Å². The zero-order chi connectivity index (χ0) is 25.0. The van der Waals surface area contributed by atoms with Crippen LogP contribution in [-0.2, 0) is 25.8 Å². The molecule has 2 aromatic rings. The summed E-state index contributed by atoms with van der Waals surface area (Å²) in [5, 5.41) is 7.10. The molecule has 35 heavy (non-hydrogen) atoms. The van der Waals surface area contributed by atoms with Crippen LogP contribution in [0, 0.1) is 0 Å². The molecule has 4 heterocycles. The second-order valence-corrected chi connectivity index (χ2v) is 8.72. The van der Waals surface area contributed by atoms with E-state index in [0.29, 0.717) is 24.2 Å². The lowest BCUT2D eigenvalue weighted by Gasteiger charge is -2.27. The number of anilines is 1. The van der Waals surface area contributed by atoms with Crippen molar-refractivity contribution in [3.8, 4) is 0 Å². The molecule has 2 aliphatic rings. The Morgan fingerprint density at radius 2 is 1.94 bits per heavy atom. The van der Waals surface area contributed by atoms with E-state index in [0.717, 1.165) is 12.8 Å². The monoisotopic (exact) mass is 506 g/mol. The van der Waals surface area contributed by atoms with Crippen LogP contribution in [0.5, 0.6) is 0 Å². The van der Waals surface area contributed by atoms with Gasteiger partial charge in [0.2, 0.25) is 5.91 Å². The molecule has 0 atom stereocenters. The number of alkyl halides is 3. The second-order valence-electron chi connectivity index (χ2n) is 7.94. The van der Waals surface area contributed by atoms with Gasteiger partial charge < -0.3 is 15.1 Å². The molecule has 0 bridgehead atoms. The van der Waals surface area contributed by atoms with Crippen LogP contribution in [-0.4, -0.2) is 53.5 Å². The largest absolute Gasteiger partial charge is 0.493 e. The van der Waals surface area contributed by atoms with E-state index in [4.69, 9.17) is 0 Å². The van der Waals surface area contributed by atoms with Gasteiger partial charge >= 0.3 is 12.1 Å². The highest BCUT2D eigenvalue weighted by atomic mass is 32.1. The van der Waals surface area contributed by atoms with Gasteiger partial charge in [-0.1, -0.05) is 11.6 Å². The van der Waals surface area contributed by atoms with Gasteiger partial charge in [-0.05, 0) is 52.9 Å². The molecule has 8 nitrogen and oxygen atoms in total. The molecule has 2 aromatic heterocycles. The highest BCUT2D eigenvalue weighted by molar-refractivity contribution is 7.08. The third-order valence-corrected chi connectivity index (χ3v) is 6.13. The fourth-order valence-corrected chi connectivity index (χ4v) is 4.29. The average Bonchev–Trinajstić information content (AvgIpc) is 3.28. The number of likely N-dealkylation sites (tertiary alicyclic amines) is 1. The number of carbonyl (C=O) groups is 3. The lowest BCUT2D eigenvalue weighted by atomic mass is 10.0. The number of hydroxylamine groups is 1. The van der Waals surface area contributed by atoms with Gasteiger partial charge in [0.05, 0.1) is 6.54 Å². The number of amides is 2. The molecule has 1 fully saturated rings. The van der Waals surface area contributed by atoms with Crippen molar-refractivity contribution in [1.82, 2.24) is 15.2 Å². The molecular weight excluding hydrogens is 485 g/mol. The van der Waals surface area contributed by atoms with E-state index in [-0.39, 0.29) is 29.9 Å². The molecule has 2 aliphatic heterocycles. The maximum absolute atomic E-state index is 12.6. The molecule has 184 valence electrons. The number of pyridine rings is 1. The summed E-state index contributed by atoms with van der Waals surface area (Å²) in [5.74, 6) is -3.81. The second kappa shape index (κ2) is 10.4. The fourth-order valence-electron chi connectivity index (χ4n) is 3.67. The fraction of sp³-hybridized carbons (Fsp3) is 0.304. The summed E-state index contributed by atoms with van der Waals surface area (Å²) in [7, 11) is 0. The smallest absolute Gasteiger partial charge is 0.339 e. The number of rotatable bonds is 4. The first kappa shape index (κ1) is 24.6. The number of thiophene rings is 1. The summed E-state index contributed by atoms with van der Waals surface area (Å²) < 4.78 is 37.8. The Hall–Kier alpha value is -3.51. The van der Waals surface area contributed by atoms with Crippen LogP contribution in [0.25, 0.3) is 12.2 Å². The molecule has 0 spiro atoms. The number of halogens is 3. The van der Waals surface area contributed by atoms with E-state index in [1.54, 1.807) is 28.4 Å². The van der Waals surface area contributed by atoms with E-state index in [2.05, 4.69) is 32.7 Å². The summed E-state index contributed by atoms with van der Waals surface area (Å²) in [6.45, 7) is 0.971. The minimum atomic E-state index is -5.27. The van der Waals surface area contributed by atoms with Gasteiger partial charge in [0.15, 0.2) is 5.82 Å². The Kier molecular flexibility index (Phi) is 7.31. The van der Waals surface area contributed by atoms with Gasteiger partial charge in [-0.15, -0.1) is 5.06 Å². The number of nitrogens with one attached hydrogen (secondary N) is 1. The molecule has 4 rings (SSSR count). The quantitative estimate of drug-likeness (QED) is 0.640. The van der Waals surface area contributed by atoms with Gasteiger partial charge in [-0.3, -0.25) is 9.59 Å². The van der Waals surface area contributed by atoms with Gasteiger partial charge in [-0.2, -0.15) is 24.5 Å². The van der Waals surface area contributed by atoms with Gasteiger partial charge in [0.25, 0.3) is 5.91 Å². The van der Waals surface area contributed by atoms with Crippen molar-refractivity contribution in [1.29, 1.82) is 0 Å². The maximum Gasteiger partial charge on any atom is 0.493 e. The first-order valence-electron chi connectivity index (χ1n) is 10.7. The Labute approximate surface area is 202 Å². The first-order chi connectivity index (χ1) is 16.7. The number of hydrogen-bond donors (Lipinski definition) is 1. The number of fused-ring (bicyclic) bond motifs is 1. The maximum atomic E-state index is 12.6. The summed E-state index contributed by atoms with van der Waals surface area (Å²) in [6, 6.07) is 3.61. The van der Waals surface area contributed by atoms with E-state index in [1.807, 2.05) is 5.38 Å². The van der Waals surface area contributed by atoms with Crippen LogP contribution < -0.4 is 10.4 Å². The minimum Gasteiger partial charge on any atom is -0.339 e. The van der Waals surface area contributed by atoms with E-state index >= 15 is 0 Å². The topological polar surface area (TPSA) is 91.8 Å². The van der Waals surface area contributed by atoms with Gasteiger partial charge in [0, 0.05) is 37.5 Å². The number of aromatic nitrogens is 1. The first-order valence-corrected chi connectivity index (χ1v) is 11.7. The zero-order valence-electron chi connectivity index (χ0n) is 18.4. The molecule has 1 saturated heterocycles. The van der Waals surface area contributed by atoms with Crippen molar-refractivity contribution in [3.63, 3.8) is 0 Å². The standard InChI is InChI=1S/C23H21F3N4O4S/c24-23(25,26)22(33)34-30-20(32)13-27-12-18-10-16(11-28-21(18)30)1-2-19(31)29-6-3-15(4-7-29)9-17-5-8-35-14-17/h1-2,5,8-11,14,27H,3-4,6-7,12-13H2/b2-1+. The Balaban J connectivity index is 1.42. The van der Waals surface area contributed by atoms with Crippen LogP contribution >= 0.6 is 11.3 Å². The highest BCUT2D eigenvalue weighted by Crippen LogP contribution is 2.25. The Morgan fingerprint density at radius 1 is 1.17 bits per heavy atom. The van der Waals surface area contributed by atoms with Gasteiger partial charge in [0.1, 0.15) is 0 Å². The Morgan fingerprint density at radius 3 is 2.63 bits per heavy atom. The predicted octanol–water partition coefficient (Wildman–Crippen LogP) is 3.32. The van der Waals surface area contributed by atoms with Crippen molar-refractivity contribution in [2.24, 2.45) is 0 Å². The molecule has 0 aromatic carbocycles. The average molecular weight is 507 g/mol. The molecule has 0 radical (unpaired) electrons. The third-order valence-electron chi connectivity index (χ3n) is 5.43. The highest BCUT2D eigenvalue weighted by Gasteiger charge is 2.44. The number of piperidine rings is 1. The van der Waals surface area contributed by atoms with E-state index in [9.17, 15) is 27.6 Å². The van der Waals surface area contributed by atoms with Crippen molar-refractivity contribution in [3.05, 3.63) is 57.4 Å². The summed E-state index contributed by atoms with van der Waals surface area (Å²) in [4.78, 5) is 46.0. The number of hydrogen-bond acceptors (Lipinski definition) is 7. The lowest BCUT2D eigenvalue weighted by molar-refractivity contribution is -0.201. The molecule has 1 N–H and O–H groups in total. The lowest BCUT2D eigenvalue weighted by Crippen LogP contribution is -2.41. The number of nitrogens with zero attached hydrogens (tertiary/aromatic N) is 3. The van der Waals surface area contributed by atoms with Gasteiger partial charge in [-0.25, -0.2) is 9.78 Å². The SMILES string of the molecule is O=C(/C=C/c1cnc2c(c1)CNCC(=O)N2OC(=O)C(F)(F)F)N1CCC(=Cc2ccsc2)CC1. The van der Waals surface area contributed by atoms with Crippen LogP contribution in [0.3, 0.4) is 0 Å². The van der Waals surface area contributed by atoms with Crippen molar-refractivity contribution >= 4 is 47.1 Å². The van der Waals surface area contributed by atoms with Crippen molar-refractivity contribution in [2.75, 3.05) is 24.7 Å². The van der Waals surface area contributed by atoms with Crippen LogP contribution in [0.4, 0.5) is 19.0 Å². The zero-order valence-corrected chi connectivity index (χ0v) is 19.2. The molecule has 12 heteroatoms. The molecule has 0 saturated carbocycles. The molecule has 0 unspecified atom stereocenters. The molecule has 2 amide bonds. The summed E-state index contributed by atoms with van der Waals surface area (Å²) >= 11 is 1.64. The summed E-state index contributed by atoms with van der Waals surface area (Å²) in [6.07, 6.45) is 2.72. The van der Waals surface area contributed by atoms with Crippen LogP contribution in [0.15, 0.2) is 40.7 Å². The van der Waals surface area contributed by atoms with Crippen molar-refractivity contribution in [2.45, 2.75) is 25.6 Å². The van der Waals surface area contributed by atoms with E-state index < -0.39 is 18.1 Å². The normalized spacial score (nSPS) is 16.8. The molecule has 0 aliphatic carbocycles.